The van der Waals surface area contributed by atoms with Crippen molar-refractivity contribution in [3.63, 3.8) is 0 Å². The lowest BCUT2D eigenvalue weighted by Gasteiger charge is -2.19. The molecule has 0 rings (SSSR count). The summed E-state index contributed by atoms with van der Waals surface area (Å²) in [6.07, 6.45) is 53.7. The zero-order chi connectivity index (χ0) is 43.2. The highest BCUT2D eigenvalue weighted by molar-refractivity contribution is 7.47. The van der Waals surface area contributed by atoms with Crippen molar-refractivity contribution >= 4 is 19.8 Å². The lowest BCUT2D eigenvalue weighted by Crippen LogP contribution is -2.29. The molecule has 0 saturated heterocycles. The largest absolute Gasteiger partial charge is 0.472 e. The number of hydrogen-bond donors (Lipinski definition) is 2. The summed E-state index contributed by atoms with van der Waals surface area (Å²) in [5.41, 5.74) is 5.34. The van der Waals surface area contributed by atoms with Gasteiger partial charge in [-0.1, -0.05) is 204 Å². The Hall–Kier alpha value is -2.03. The van der Waals surface area contributed by atoms with E-state index in [1.807, 2.05) is 6.08 Å². The molecule has 0 aromatic carbocycles. The Kier molecular flexibility index (Phi) is 43.9. The normalized spacial score (nSPS) is 13.6. The molecule has 0 aromatic rings. The van der Waals surface area contributed by atoms with Crippen LogP contribution in [0, 0.1) is 0 Å². The molecule has 0 saturated carbocycles. The number of carbonyl (C=O) groups excluding carboxylic acids is 2. The van der Waals surface area contributed by atoms with Crippen molar-refractivity contribution in [3.8, 4) is 0 Å². The summed E-state index contributed by atoms with van der Waals surface area (Å²) in [6.45, 7) is 3.58. The molecule has 0 heterocycles. The fourth-order valence-electron chi connectivity index (χ4n) is 6.68. The van der Waals surface area contributed by atoms with Crippen LogP contribution in [0.25, 0.3) is 0 Å². The molecular formula is C49H90NO8P. The van der Waals surface area contributed by atoms with E-state index >= 15 is 0 Å². The Bertz CT molecular complexity index is 1110. The molecule has 3 N–H and O–H groups in total. The van der Waals surface area contributed by atoms with Crippen LogP contribution in [-0.2, 0) is 32.7 Å². The maximum atomic E-state index is 12.5. The monoisotopic (exact) mass is 852 g/mol. The SMILES string of the molecule is CCCCCCCCCCCCC/C=C/C=C/C(=O)O[C@@H](COC(=O)CCC/C=C/CC/C=C/CCCCCCCCCCCCCCCC)COP(=O)(O)OCCN. The average molecular weight is 852 g/mol. The Morgan fingerprint density at radius 3 is 1.44 bits per heavy atom. The third-order valence-corrected chi connectivity index (χ3v) is 11.3. The Morgan fingerprint density at radius 1 is 0.542 bits per heavy atom. The standard InChI is InChI=1S/C49H90NO8P/c1-3-5-7-9-11-13-15-17-19-20-21-22-23-24-25-26-28-29-31-33-35-37-39-41-48(51)55-45-47(46-57-59(53,54)56-44-43-50)58-49(52)42-40-38-36-34-32-30-27-18-16-14-12-10-8-6-4-2/h26,28,33,35-36,38,40,42,47H,3-25,27,29-32,34,37,39,41,43-46,50H2,1-2H3,(H,53,54)/b28-26+,35-33+,38-36+,42-40+/t47-/m0/s1. The fraction of sp³-hybridized carbons (Fsp3) is 0.796. The summed E-state index contributed by atoms with van der Waals surface area (Å²) in [6, 6.07) is 0. The van der Waals surface area contributed by atoms with Gasteiger partial charge in [0.05, 0.1) is 13.2 Å². The number of phosphoric ester groups is 1. The summed E-state index contributed by atoms with van der Waals surface area (Å²) in [7, 11) is -4.41. The molecular weight excluding hydrogens is 762 g/mol. The zero-order valence-corrected chi connectivity index (χ0v) is 38.9. The van der Waals surface area contributed by atoms with Gasteiger partial charge in [0.1, 0.15) is 6.61 Å². The predicted octanol–water partition coefficient (Wildman–Crippen LogP) is 14.3. The molecule has 0 aliphatic carbocycles. The summed E-state index contributed by atoms with van der Waals surface area (Å²) in [5, 5.41) is 0. The first-order valence-corrected chi connectivity index (χ1v) is 25.7. The highest BCUT2D eigenvalue weighted by Gasteiger charge is 2.25. The molecule has 0 spiro atoms. The van der Waals surface area contributed by atoms with E-state index in [1.165, 1.54) is 160 Å². The second-order valence-corrected chi connectivity index (χ2v) is 17.5. The van der Waals surface area contributed by atoms with E-state index in [-0.39, 0.29) is 26.2 Å². The second kappa shape index (κ2) is 45.5. The first kappa shape index (κ1) is 57.0. The van der Waals surface area contributed by atoms with Gasteiger partial charge in [-0.25, -0.2) is 9.36 Å². The molecule has 0 aliphatic rings. The summed E-state index contributed by atoms with van der Waals surface area (Å²) in [4.78, 5) is 34.8. The lowest BCUT2D eigenvalue weighted by atomic mass is 10.0. The van der Waals surface area contributed by atoms with Crippen molar-refractivity contribution in [3.05, 3.63) is 48.6 Å². The van der Waals surface area contributed by atoms with E-state index in [4.69, 9.17) is 24.3 Å². The highest BCUT2D eigenvalue weighted by Crippen LogP contribution is 2.43. The first-order chi connectivity index (χ1) is 28.8. The Labute approximate surface area is 362 Å². The number of ether oxygens (including phenoxy) is 2. The van der Waals surface area contributed by atoms with Gasteiger partial charge in [-0.3, -0.25) is 13.8 Å². The van der Waals surface area contributed by atoms with Crippen LogP contribution in [0.5, 0.6) is 0 Å². The van der Waals surface area contributed by atoms with Crippen LogP contribution in [0.2, 0.25) is 0 Å². The molecule has 0 aromatic heterocycles. The minimum Gasteiger partial charge on any atom is -0.462 e. The topological polar surface area (TPSA) is 134 Å². The van der Waals surface area contributed by atoms with Gasteiger partial charge in [-0.15, -0.1) is 0 Å². The van der Waals surface area contributed by atoms with Crippen molar-refractivity contribution < 1.29 is 37.6 Å². The number of esters is 2. The Balaban J connectivity index is 4.18. The summed E-state index contributed by atoms with van der Waals surface area (Å²) in [5.74, 6) is -1.13. The zero-order valence-electron chi connectivity index (χ0n) is 38.0. The van der Waals surface area contributed by atoms with Crippen LogP contribution in [0.15, 0.2) is 48.6 Å². The third kappa shape index (κ3) is 45.3. The van der Waals surface area contributed by atoms with E-state index in [0.717, 1.165) is 38.5 Å². The summed E-state index contributed by atoms with van der Waals surface area (Å²) >= 11 is 0. The van der Waals surface area contributed by atoms with Crippen LogP contribution in [0.3, 0.4) is 0 Å². The molecule has 0 aliphatic heterocycles. The quantitative estimate of drug-likeness (QED) is 0.0153. The van der Waals surface area contributed by atoms with Crippen LogP contribution in [-0.4, -0.2) is 49.3 Å². The van der Waals surface area contributed by atoms with Gasteiger partial charge in [0.2, 0.25) is 0 Å². The minimum absolute atomic E-state index is 0.0350. The molecule has 0 amide bonds. The first-order valence-electron chi connectivity index (χ1n) is 24.2. The van der Waals surface area contributed by atoms with Gasteiger partial charge >= 0.3 is 19.8 Å². The summed E-state index contributed by atoms with van der Waals surface area (Å²) < 4.78 is 32.6. The molecule has 9 nitrogen and oxygen atoms in total. The van der Waals surface area contributed by atoms with Gasteiger partial charge < -0.3 is 20.1 Å². The number of hydrogen-bond acceptors (Lipinski definition) is 8. The van der Waals surface area contributed by atoms with Crippen molar-refractivity contribution in [2.24, 2.45) is 5.73 Å². The van der Waals surface area contributed by atoms with Gasteiger partial charge in [0, 0.05) is 19.0 Å². The maximum Gasteiger partial charge on any atom is 0.472 e. The third-order valence-electron chi connectivity index (χ3n) is 10.3. The van der Waals surface area contributed by atoms with Gasteiger partial charge in [0.15, 0.2) is 6.10 Å². The van der Waals surface area contributed by atoms with Crippen molar-refractivity contribution in [1.29, 1.82) is 0 Å². The maximum absolute atomic E-state index is 12.5. The molecule has 344 valence electrons. The molecule has 2 atom stereocenters. The Morgan fingerprint density at radius 2 is 0.966 bits per heavy atom. The van der Waals surface area contributed by atoms with Crippen LogP contribution in [0.4, 0.5) is 0 Å². The smallest absolute Gasteiger partial charge is 0.462 e. The highest BCUT2D eigenvalue weighted by atomic mass is 31.2. The van der Waals surface area contributed by atoms with Crippen molar-refractivity contribution in [2.45, 2.75) is 225 Å². The van der Waals surface area contributed by atoms with Crippen LogP contribution in [0.1, 0.15) is 219 Å². The average Bonchev–Trinajstić information content (AvgIpc) is 3.22. The molecule has 1 unspecified atom stereocenters. The van der Waals surface area contributed by atoms with Gasteiger partial charge in [-0.2, -0.15) is 0 Å². The number of nitrogens with two attached hydrogens (primary N) is 1. The molecule has 0 fully saturated rings. The molecule has 0 bridgehead atoms. The van der Waals surface area contributed by atoms with E-state index in [9.17, 15) is 19.0 Å². The number of carbonyl (C=O) groups is 2. The number of rotatable bonds is 45. The predicted molar refractivity (Wildman–Crippen MR) is 247 cm³/mol. The second-order valence-electron chi connectivity index (χ2n) is 16.0. The van der Waals surface area contributed by atoms with E-state index < -0.39 is 32.5 Å². The molecule has 10 heteroatoms. The van der Waals surface area contributed by atoms with Crippen molar-refractivity contribution in [1.82, 2.24) is 0 Å². The van der Waals surface area contributed by atoms with Gasteiger partial charge in [-0.05, 0) is 51.4 Å². The van der Waals surface area contributed by atoms with Crippen molar-refractivity contribution in [2.75, 3.05) is 26.4 Å². The molecule has 59 heavy (non-hydrogen) atoms. The fourth-order valence-corrected chi connectivity index (χ4v) is 7.45. The number of unbranched alkanes of at least 4 members (excludes halogenated alkanes) is 27. The van der Waals surface area contributed by atoms with Gasteiger partial charge in [0.25, 0.3) is 0 Å². The van der Waals surface area contributed by atoms with Crippen LogP contribution >= 0.6 is 7.82 Å². The lowest BCUT2D eigenvalue weighted by molar-refractivity contribution is -0.157. The van der Waals surface area contributed by atoms with E-state index in [0.29, 0.717) is 6.42 Å². The van der Waals surface area contributed by atoms with E-state index in [2.05, 4.69) is 38.2 Å². The van der Waals surface area contributed by atoms with E-state index in [1.54, 1.807) is 12.2 Å². The number of allylic oxidation sites excluding steroid dienone is 7. The number of phosphoric acid groups is 1. The minimum atomic E-state index is -4.41. The molecule has 0 radical (unpaired) electrons. The van der Waals surface area contributed by atoms with Crippen LogP contribution < -0.4 is 5.73 Å².